The van der Waals surface area contributed by atoms with E-state index in [-0.39, 0.29) is 18.0 Å². The predicted octanol–water partition coefficient (Wildman–Crippen LogP) is 1.05. The fourth-order valence-corrected chi connectivity index (χ4v) is 3.66. The maximum atomic E-state index is 12.8. The number of piperidine rings is 1. The molecule has 158 valence electrons. The molecule has 1 aromatic heterocycles. The van der Waals surface area contributed by atoms with Crippen molar-refractivity contribution in [3.63, 3.8) is 0 Å². The Kier molecular flexibility index (Phi) is 6.79. The van der Waals surface area contributed by atoms with Gasteiger partial charge in [0.15, 0.2) is 0 Å². The molecule has 2 heterocycles. The molecule has 0 spiro atoms. The van der Waals surface area contributed by atoms with Crippen LogP contribution in [0, 0.1) is 11.8 Å². The summed E-state index contributed by atoms with van der Waals surface area (Å²) in [6.45, 7) is 0.581. The van der Waals surface area contributed by atoms with E-state index >= 15 is 0 Å². The number of hydrogen-bond donors (Lipinski definition) is 5. The van der Waals surface area contributed by atoms with Gasteiger partial charge < -0.3 is 26.0 Å². The van der Waals surface area contributed by atoms with Gasteiger partial charge in [0.05, 0.1) is 0 Å². The van der Waals surface area contributed by atoms with E-state index in [0.717, 1.165) is 19.3 Å². The van der Waals surface area contributed by atoms with Gasteiger partial charge in [-0.05, 0) is 43.7 Å². The van der Waals surface area contributed by atoms with Crippen molar-refractivity contribution < 1.29 is 24.3 Å². The molecule has 2 fully saturated rings. The molecule has 1 aliphatic carbocycles. The molecular formula is C19H25ClN4O5. The van der Waals surface area contributed by atoms with Crippen molar-refractivity contribution in [1.29, 1.82) is 0 Å². The fourth-order valence-electron chi connectivity index (χ4n) is 3.49. The second-order valence-corrected chi connectivity index (χ2v) is 8.10. The maximum absolute atomic E-state index is 12.8. The van der Waals surface area contributed by atoms with Gasteiger partial charge in [0.2, 0.25) is 11.8 Å². The molecule has 1 saturated carbocycles. The van der Waals surface area contributed by atoms with Crippen molar-refractivity contribution in [2.75, 3.05) is 6.54 Å². The standard InChI is InChI=1S/C19H25ClN4O5/c20-15-6-5-12(22-15)17(26)23-13(8-10-3-4-10)18(27)24-14(19(28)29)9-11-2-1-7-21-16(11)25/h5-6,10-11,13-14,22H,1-4,7-9H2,(H,21,25)(H,23,26)(H,24,27)(H,28,29)/t11-,13-,14-/m0/s1. The molecule has 29 heavy (non-hydrogen) atoms. The smallest absolute Gasteiger partial charge is 0.326 e. The largest absolute Gasteiger partial charge is 0.480 e. The zero-order valence-corrected chi connectivity index (χ0v) is 16.6. The van der Waals surface area contributed by atoms with Crippen LogP contribution in [0.4, 0.5) is 0 Å². The summed E-state index contributed by atoms with van der Waals surface area (Å²) in [7, 11) is 0. The van der Waals surface area contributed by atoms with Crippen LogP contribution in [0.5, 0.6) is 0 Å². The molecule has 3 atom stereocenters. The van der Waals surface area contributed by atoms with Gasteiger partial charge in [-0.1, -0.05) is 24.4 Å². The molecule has 0 radical (unpaired) electrons. The van der Waals surface area contributed by atoms with E-state index in [9.17, 15) is 24.3 Å². The van der Waals surface area contributed by atoms with Crippen molar-refractivity contribution in [1.82, 2.24) is 20.9 Å². The second-order valence-electron chi connectivity index (χ2n) is 7.69. The van der Waals surface area contributed by atoms with Crippen LogP contribution in [0.1, 0.15) is 49.0 Å². The quantitative estimate of drug-likeness (QED) is 0.403. The SMILES string of the molecule is O=C(N[C@@H](CC1CC1)C(=O)N[C@@H](C[C@@H]1CCCNC1=O)C(=O)O)c1ccc(Cl)[nH]1. The van der Waals surface area contributed by atoms with E-state index in [1.54, 1.807) is 0 Å². The van der Waals surface area contributed by atoms with E-state index in [1.165, 1.54) is 12.1 Å². The molecule has 2 aliphatic rings. The highest BCUT2D eigenvalue weighted by Crippen LogP contribution is 2.33. The third-order valence-electron chi connectivity index (χ3n) is 5.32. The summed E-state index contributed by atoms with van der Waals surface area (Å²) >= 11 is 5.79. The van der Waals surface area contributed by atoms with Crippen LogP contribution >= 0.6 is 11.6 Å². The molecule has 0 unspecified atom stereocenters. The highest BCUT2D eigenvalue weighted by molar-refractivity contribution is 6.29. The van der Waals surface area contributed by atoms with Crippen molar-refractivity contribution in [3.05, 3.63) is 23.0 Å². The Hall–Kier alpha value is -2.55. The van der Waals surface area contributed by atoms with E-state index in [0.29, 0.717) is 30.5 Å². The van der Waals surface area contributed by atoms with Crippen LogP contribution in [-0.4, -0.2) is 52.4 Å². The van der Waals surface area contributed by atoms with Crippen LogP contribution in [0.2, 0.25) is 5.15 Å². The highest BCUT2D eigenvalue weighted by Gasteiger charge is 2.34. The average molecular weight is 425 g/mol. The Morgan fingerprint density at radius 2 is 1.90 bits per heavy atom. The van der Waals surface area contributed by atoms with Crippen molar-refractivity contribution in [3.8, 4) is 0 Å². The third-order valence-corrected chi connectivity index (χ3v) is 5.54. The predicted molar refractivity (Wildman–Crippen MR) is 104 cm³/mol. The molecule has 5 N–H and O–H groups in total. The zero-order valence-electron chi connectivity index (χ0n) is 15.9. The number of nitrogens with one attached hydrogen (secondary N) is 4. The Morgan fingerprint density at radius 3 is 2.48 bits per heavy atom. The van der Waals surface area contributed by atoms with Gasteiger partial charge in [-0.15, -0.1) is 0 Å². The number of rotatable bonds is 9. The summed E-state index contributed by atoms with van der Waals surface area (Å²) in [6, 6.07) is 0.974. The van der Waals surface area contributed by atoms with Crippen molar-refractivity contribution >= 4 is 35.3 Å². The molecule has 3 rings (SSSR count). The van der Waals surface area contributed by atoms with Crippen molar-refractivity contribution in [2.45, 2.75) is 50.6 Å². The number of hydrogen-bond acceptors (Lipinski definition) is 4. The Bertz CT molecular complexity index is 791. The molecule has 3 amide bonds. The maximum Gasteiger partial charge on any atom is 0.326 e. The average Bonchev–Trinajstić information content (AvgIpc) is 3.39. The molecule has 1 saturated heterocycles. The Labute approximate surface area is 172 Å². The van der Waals surface area contributed by atoms with Gasteiger partial charge in [0.25, 0.3) is 5.91 Å². The number of amides is 3. The number of carboxylic acids is 1. The topological polar surface area (TPSA) is 140 Å². The minimum atomic E-state index is -1.20. The number of carbonyl (C=O) groups is 4. The Balaban J connectivity index is 1.64. The number of aliphatic carboxylic acids is 1. The van der Waals surface area contributed by atoms with E-state index in [2.05, 4.69) is 20.9 Å². The number of H-pyrrole nitrogens is 1. The lowest BCUT2D eigenvalue weighted by molar-refractivity contribution is -0.143. The summed E-state index contributed by atoms with van der Waals surface area (Å²) in [5, 5.41) is 17.7. The lowest BCUT2D eigenvalue weighted by atomic mass is 9.91. The minimum absolute atomic E-state index is 0.0171. The van der Waals surface area contributed by atoms with E-state index < -0.39 is 35.8 Å². The molecule has 0 aromatic carbocycles. The van der Waals surface area contributed by atoms with Gasteiger partial charge in [0, 0.05) is 12.5 Å². The van der Waals surface area contributed by atoms with Gasteiger partial charge in [-0.2, -0.15) is 0 Å². The normalized spacial score (nSPS) is 21.0. The van der Waals surface area contributed by atoms with Crippen LogP contribution < -0.4 is 16.0 Å². The Morgan fingerprint density at radius 1 is 1.14 bits per heavy atom. The van der Waals surface area contributed by atoms with Crippen molar-refractivity contribution in [2.24, 2.45) is 11.8 Å². The first-order valence-corrected chi connectivity index (χ1v) is 10.2. The molecule has 1 aliphatic heterocycles. The molecule has 10 heteroatoms. The second kappa shape index (κ2) is 9.30. The van der Waals surface area contributed by atoms with Gasteiger partial charge in [0.1, 0.15) is 22.9 Å². The van der Waals surface area contributed by atoms with Crippen LogP contribution in [-0.2, 0) is 14.4 Å². The first kappa shape index (κ1) is 21.2. The van der Waals surface area contributed by atoms with E-state index in [1.807, 2.05) is 0 Å². The first-order valence-electron chi connectivity index (χ1n) is 9.79. The number of aromatic amines is 1. The molecular weight excluding hydrogens is 400 g/mol. The minimum Gasteiger partial charge on any atom is -0.480 e. The van der Waals surface area contributed by atoms with Crippen LogP contribution in [0.15, 0.2) is 12.1 Å². The summed E-state index contributed by atoms with van der Waals surface area (Å²) in [4.78, 5) is 51.5. The van der Waals surface area contributed by atoms with Crippen LogP contribution in [0.3, 0.4) is 0 Å². The summed E-state index contributed by atoms with van der Waals surface area (Å²) in [5.74, 6) is -2.58. The first-order chi connectivity index (χ1) is 13.8. The van der Waals surface area contributed by atoms with Gasteiger partial charge in [-0.25, -0.2) is 4.79 Å². The number of halogens is 1. The van der Waals surface area contributed by atoms with E-state index in [4.69, 9.17) is 11.6 Å². The molecule has 1 aromatic rings. The molecule has 0 bridgehead atoms. The summed E-state index contributed by atoms with van der Waals surface area (Å²) in [5.41, 5.74) is 0.220. The third kappa shape index (κ3) is 5.96. The monoisotopic (exact) mass is 424 g/mol. The number of aromatic nitrogens is 1. The zero-order chi connectivity index (χ0) is 21.0. The number of carboxylic acid groups (broad SMARTS) is 1. The van der Waals surface area contributed by atoms with Gasteiger partial charge >= 0.3 is 5.97 Å². The summed E-state index contributed by atoms with van der Waals surface area (Å²) in [6.07, 6.45) is 3.75. The number of carbonyl (C=O) groups excluding carboxylic acids is 3. The highest BCUT2D eigenvalue weighted by atomic mass is 35.5. The van der Waals surface area contributed by atoms with Crippen LogP contribution in [0.25, 0.3) is 0 Å². The lowest BCUT2D eigenvalue weighted by Crippen LogP contribution is -2.53. The molecule has 9 nitrogen and oxygen atoms in total. The lowest BCUT2D eigenvalue weighted by Gasteiger charge is -2.26. The van der Waals surface area contributed by atoms with Gasteiger partial charge in [-0.3, -0.25) is 14.4 Å². The fraction of sp³-hybridized carbons (Fsp3) is 0.579. The summed E-state index contributed by atoms with van der Waals surface area (Å²) < 4.78 is 0.